The summed E-state index contributed by atoms with van der Waals surface area (Å²) >= 11 is 0. The second-order valence-corrected chi connectivity index (χ2v) is 8.88. The zero-order chi connectivity index (χ0) is 19.9. The van der Waals surface area contributed by atoms with Gasteiger partial charge in [0, 0.05) is 5.39 Å². The van der Waals surface area contributed by atoms with Crippen LogP contribution in [0.15, 0.2) is 65.6 Å². The zero-order valence-electron chi connectivity index (χ0n) is 15.7. The van der Waals surface area contributed by atoms with Gasteiger partial charge in [0.15, 0.2) is 0 Å². The molecule has 3 aromatic rings. The first-order valence-electron chi connectivity index (χ1n) is 9.08. The maximum Gasteiger partial charge on any atom is 0.264 e. The van der Waals surface area contributed by atoms with Gasteiger partial charge in [-0.05, 0) is 48.4 Å². The summed E-state index contributed by atoms with van der Waals surface area (Å²) in [7, 11) is -2.42. The number of carbonyl (C=O) groups excluding carboxylic acids is 1. The molecule has 0 radical (unpaired) electrons. The Morgan fingerprint density at radius 2 is 1.75 bits per heavy atom. The first-order chi connectivity index (χ1) is 13.4. The molecule has 1 atom stereocenters. The number of sulfonamides is 1. The second kappa shape index (κ2) is 6.63. The second-order valence-electron chi connectivity index (χ2n) is 7.23. The van der Waals surface area contributed by atoms with Gasteiger partial charge < -0.3 is 4.74 Å². The fraction of sp³-hybridized carbons (Fsp3) is 0.227. The van der Waals surface area contributed by atoms with E-state index in [4.69, 9.17) is 4.74 Å². The third-order valence-electron chi connectivity index (χ3n) is 5.59. The Morgan fingerprint density at radius 1 is 1.04 bits per heavy atom. The molecule has 1 N–H and O–H groups in total. The average Bonchev–Trinajstić information content (AvgIpc) is 3.05. The Hall–Kier alpha value is -2.86. The number of methoxy groups -OCH3 is 1. The van der Waals surface area contributed by atoms with E-state index in [1.165, 1.54) is 6.07 Å². The van der Waals surface area contributed by atoms with Gasteiger partial charge in [0.05, 0.1) is 17.4 Å². The van der Waals surface area contributed by atoms with E-state index < -0.39 is 21.3 Å². The normalized spacial score (nSPS) is 18.6. The molecule has 4 rings (SSSR count). The third kappa shape index (κ3) is 2.85. The number of hydrogen-bond donors (Lipinski definition) is 1. The summed E-state index contributed by atoms with van der Waals surface area (Å²) in [6.07, 6.45) is 1.19. The topological polar surface area (TPSA) is 72.5 Å². The summed E-state index contributed by atoms with van der Waals surface area (Å²) in [4.78, 5) is 13.2. The number of rotatable bonds is 4. The number of ether oxygens (including phenoxy) is 1. The molecule has 0 spiro atoms. The summed E-state index contributed by atoms with van der Waals surface area (Å²) in [5.74, 6) is 0.207. The maximum atomic E-state index is 13.1. The van der Waals surface area contributed by atoms with Crippen LogP contribution in [0.1, 0.15) is 24.5 Å². The van der Waals surface area contributed by atoms with E-state index in [2.05, 4.69) is 4.72 Å². The van der Waals surface area contributed by atoms with Crippen LogP contribution in [0.2, 0.25) is 0 Å². The minimum Gasteiger partial charge on any atom is -0.496 e. The molecule has 5 nitrogen and oxygen atoms in total. The molecule has 3 aromatic carbocycles. The van der Waals surface area contributed by atoms with E-state index in [1.807, 2.05) is 36.4 Å². The van der Waals surface area contributed by atoms with Crippen molar-refractivity contribution in [2.24, 2.45) is 0 Å². The molecule has 1 amide bonds. The Labute approximate surface area is 164 Å². The van der Waals surface area contributed by atoms with Crippen molar-refractivity contribution in [3.63, 3.8) is 0 Å². The van der Waals surface area contributed by atoms with Gasteiger partial charge in [0.25, 0.3) is 10.0 Å². The minimum absolute atomic E-state index is 0.103. The van der Waals surface area contributed by atoms with Gasteiger partial charge in [-0.25, -0.2) is 13.1 Å². The van der Waals surface area contributed by atoms with Gasteiger partial charge in [0.1, 0.15) is 5.75 Å². The van der Waals surface area contributed by atoms with Crippen LogP contribution in [0, 0.1) is 0 Å². The molecule has 28 heavy (non-hydrogen) atoms. The van der Waals surface area contributed by atoms with Gasteiger partial charge in [-0.3, -0.25) is 4.79 Å². The molecule has 0 bridgehead atoms. The third-order valence-corrected chi connectivity index (χ3v) is 6.98. The van der Waals surface area contributed by atoms with Gasteiger partial charge in [-0.1, -0.05) is 48.5 Å². The molecule has 6 heteroatoms. The van der Waals surface area contributed by atoms with Crippen molar-refractivity contribution in [1.29, 1.82) is 0 Å². The highest BCUT2D eigenvalue weighted by Crippen LogP contribution is 2.43. The smallest absolute Gasteiger partial charge is 0.264 e. The lowest BCUT2D eigenvalue weighted by atomic mass is 9.83. The average molecular weight is 395 g/mol. The Balaban J connectivity index is 1.71. The predicted octanol–water partition coefficient (Wildman–Crippen LogP) is 3.56. The van der Waals surface area contributed by atoms with Crippen molar-refractivity contribution in [1.82, 2.24) is 4.72 Å². The Kier molecular flexibility index (Phi) is 4.38. The predicted molar refractivity (Wildman–Crippen MR) is 108 cm³/mol. The molecule has 0 unspecified atom stereocenters. The SMILES string of the molecule is COc1cccc2c1CC[C@@]2(C)C(=O)NS(=O)(=O)c1cccc2ccccc12. The van der Waals surface area contributed by atoms with Crippen molar-refractivity contribution in [2.45, 2.75) is 30.1 Å². The summed E-state index contributed by atoms with van der Waals surface area (Å²) in [6, 6.07) is 17.8. The molecule has 1 aliphatic carbocycles. The van der Waals surface area contributed by atoms with Crippen LogP contribution in [0.25, 0.3) is 10.8 Å². The minimum atomic E-state index is -4.01. The quantitative estimate of drug-likeness (QED) is 0.733. The van der Waals surface area contributed by atoms with Crippen molar-refractivity contribution < 1.29 is 17.9 Å². The van der Waals surface area contributed by atoms with E-state index in [9.17, 15) is 13.2 Å². The van der Waals surface area contributed by atoms with Crippen LogP contribution in [-0.4, -0.2) is 21.4 Å². The molecule has 0 saturated carbocycles. The highest BCUT2D eigenvalue weighted by atomic mass is 32.2. The molecule has 0 heterocycles. The number of hydrogen-bond acceptors (Lipinski definition) is 4. The van der Waals surface area contributed by atoms with Crippen LogP contribution in [0.3, 0.4) is 0 Å². The van der Waals surface area contributed by atoms with E-state index >= 15 is 0 Å². The number of nitrogens with one attached hydrogen (secondary N) is 1. The summed E-state index contributed by atoms with van der Waals surface area (Å²) in [6.45, 7) is 1.78. The Morgan fingerprint density at radius 3 is 2.54 bits per heavy atom. The van der Waals surface area contributed by atoms with E-state index in [0.29, 0.717) is 18.2 Å². The van der Waals surface area contributed by atoms with Gasteiger partial charge >= 0.3 is 0 Å². The van der Waals surface area contributed by atoms with Crippen LogP contribution >= 0.6 is 0 Å². The molecule has 0 fully saturated rings. The van der Waals surface area contributed by atoms with Crippen molar-refractivity contribution in [2.75, 3.05) is 7.11 Å². The number of fused-ring (bicyclic) bond motifs is 2. The standard InChI is InChI=1S/C22H21NO4S/c1-22(14-13-17-18(22)10-6-11-19(17)27-2)21(24)23-28(25,26)20-12-5-8-15-7-3-4-9-16(15)20/h3-12H,13-14H2,1-2H3,(H,23,24)/t22-/m1/s1. The summed E-state index contributed by atoms with van der Waals surface area (Å²) in [5, 5.41) is 1.39. The molecule has 0 aromatic heterocycles. The van der Waals surface area contributed by atoms with Crippen LogP contribution < -0.4 is 9.46 Å². The fourth-order valence-electron chi connectivity index (χ4n) is 4.00. The van der Waals surface area contributed by atoms with Gasteiger partial charge in [0.2, 0.25) is 5.91 Å². The molecular weight excluding hydrogens is 374 g/mol. The van der Waals surface area contributed by atoms with Crippen LogP contribution in [0.4, 0.5) is 0 Å². The number of carbonyl (C=O) groups is 1. The lowest BCUT2D eigenvalue weighted by Crippen LogP contribution is -2.43. The highest BCUT2D eigenvalue weighted by Gasteiger charge is 2.43. The molecule has 0 saturated heterocycles. The lowest BCUT2D eigenvalue weighted by molar-refractivity contribution is -0.124. The van der Waals surface area contributed by atoms with Crippen molar-refractivity contribution in [3.8, 4) is 5.75 Å². The molecule has 1 aliphatic rings. The highest BCUT2D eigenvalue weighted by molar-refractivity contribution is 7.90. The maximum absolute atomic E-state index is 13.1. The lowest BCUT2D eigenvalue weighted by Gasteiger charge is -2.24. The van der Waals surface area contributed by atoms with Crippen molar-refractivity contribution >= 4 is 26.7 Å². The van der Waals surface area contributed by atoms with Crippen molar-refractivity contribution in [3.05, 3.63) is 71.8 Å². The van der Waals surface area contributed by atoms with E-state index in [1.54, 1.807) is 32.2 Å². The van der Waals surface area contributed by atoms with E-state index in [0.717, 1.165) is 22.3 Å². The molecule has 0 aliphatic heterocycles. The first kappa shape index (κ1) is 18.5. The molecular formula is C22H21NO4S. The number of benzene rings is 3. The van der Waals surface area contributed by atoms with E-state index in [-0.39, 0.29) is 4.90 Å². The zero-order valence-corrected chi connectivity index (χ0v) is 16.5. The largest absolute Gasteiger partial charge is 0.496 e. The van der Waals surface area contributed by atoms with Crippen LogP contribution in [0.5, 0.6) is 5.75 Å². The first-order valence-corrected chi connectivity index (χ1v) is 10.6. The fourth-order valence-corrected chi connectivity index (χ4v) is 5.31. The Bertz CT molecular complexity index is 1180. The monoisotopic (exact) mass is 395 g/mol. The summed E-state index contributed by atoms with van der Waals surface area (Å²) < 4.78 is 33.8. The molecule has 144 valence electrons. The van der Waals surface area contributed by atoms with Gasteiger partial charge in [-0.2, -0.15) is 0 Å². The van der Waals surface area contributed by atoms with Crippen LogP contribution in [-0.2, 0) is 26.7 Å². The van der Waals surface area contributed by atoms with Gasteiger partial charge in [-0.15, -0.1) is 0 Å². The number of amides is 1. The summed E-state index contributed by atoms with van der Waals surface area (Å²) in [5.41, 5.74) is 0.851.